The van der Waals surface area contributed by atoms with Crippen LogP contribution in [0.4, 0.5) is 0 Å². The summed E-state index contributed by atoms with van der Waals surface area (Å²) in [6, 6.07) is 5.26. The van der Waals surface area contributed by atoms with Crippen LogP contribution < -0.4 is 4.74 Å². The number of benzene rings is 1. The summed E-state index contributed by atoms with van der Waals surface area (Å²) in [5.41, 5.74) is 4.37. The van der Waals surface area contributed by atoms with Gasteiger partial charge in [0.1, 0.15) is 5.75 Å². The number of hydrogen-bond acceptors (Lipinski definition) is 4. The van der Waals surface area contributed by atoms with Crippen molar-refractivity contribution in [2.24, 2.45) is 0 Å². The maximum Gasteiger partial charge on any atom is 0.124 e. The van der Waals surface area contributed by atoms with Crippen molar-refractivity contribution in [3.63, 3.8) is 0 Å². The van der Waals surface area contributed by atoms with Crippen LogP contribution in [0.15, 0.2) is 12.1 Å². The molecule has 24 heavy (non-hydrogen) atoms. The van der Waals surface area contributed by atoms with Crippen LogP contribution in [-0.2, 0) is 13.0 Å². The van der Waals surface area contributed by atoms with Gasteiger partial charge < -0.3 is 9.64 Å². The molecule has 1 aromatic carbocycles. The number of fused-ring (bicyclic) bond motifs is 1. The van der Waals surface area contributed by atoms with E-state index < -0.39 is 0 Å². The molecule has 0 aromatic heterocycles. The molecule has 1 fully saturated rings. The molecule has 4 nitrogen and oxygen atoms in total. The lowest BCUT2D eigenvalue weighted by atomic mass is 9.91. The third-order valence-corrected chi connectivity index (χ3v) is 5.68. The molecule has 1 unspecified atom stereocenters. The molecule has 2 heterocycles. The lowest BCUT2D eigenvalue weighted by Crippen LogP contribution is -2.44. The van der Waals surface area contributed by atoms with E-state index in [4.69, 9.17) is 4.74 Å². The molecule has 0 radical (unpaired) electrons. The summed E-state index contributed by atoms with van der Waals surface area (Å²) in [4.78, 5) is 7.53. The standard InChI is InChI=1S/C20H33N3O/c1-5-23-8-7-17-13-18(15-22-11-9-21(4)10-12-22)20(24-6-2)14-19(17)16(23)3/h13-14,16H,5-12,15H2,1-4H3. The van der Waals surface area contributed by atoms with E-state index in [1.54, 1.807) is 0 Å². The van der Waals surface area contributed by atoms with Gasteiger partial charge in [-0.2, -0.15) is 0 Å². The average molecular weight is 332 g/mol. The number of rotatable bonds is 5. The summed E-state index contributed by atoms with van der Waals surface area (Å²) in [6.45, 7) is 15.3. The molecular weight excluding hydrogens is 298 g/mol. The normalized spacial score (nSPS) is 23.2. The maximum atomic E-state index is 6.03. The van der Waals surface area contributed by atoms with Gasteiger partial charge in [-0.05, 0) is 51.1 Å². The Balaban J connectivity index is 1.83. The molecule has 0 saturated carbocycles. The predicted molar refractivity (Wildman–Crippen MR) is 99.8 cm³/mol. The van der Waals surface area contributed by atoms with E-state index in [-0.39, 0.29) is 0 Å². The van der Waals surface area contributed by atoms with E-state index in [1.807, 2.05) is 0 Å². The molecule has 4 heteroatoms. The molecule has 1 aromatic rings. The van der Waals surface area contributed by atoms with Gasteiger partial charge in [-0.25, -0.2) is 0 Å². The molecule has 2 aliphatic heterocycles. The van der Waals surface area contributed by atoms with Crippen LogP contribution in [0.1, 0.15) is 43.5 Å². The molecule has 1 saturated heterocycles. The van der Waals surface area contributed by atoms with E-state index in [2.05, 4.69) is 54.7 Å². The highest BCUT2D eigenvalue weighted by Crippen LogP contribution is 2.35. The minimum atomic E-state index is 0.496. The van der Waals surface area contributed by atoms with Gasteiger partial charge in [0, 0.05) is 50.9 Å². The fourth-order valence-electron chi connectivity index (χ4n) is 4.04. The Kier molecular flexibility index (Phi) is 5.80. The smallest absolute Gasteiger partial charge is 0.124 e. The van der Waals surface area contributed by atoms with Crippen molar-refractivity contribution in [3.8, 4) is 5.75 Å². The lowest BCUT2D eigenvalue weighted by molar-refractivity contribution is 0.146. The summed E-state index contributed by atoms with van der Waals surface area (Å²) in [7, 11) is 2.21. The van der Waals surface area contributed by atoms with Gasteiger partial charge in [0.15, 0.2) is 0 Å². The van der Waals surface area contributed by atoms with Crippen molar-refractivity contribution in [1.82, 2.24) is 14.7 Å². The minimum Gasteiger partial charge on any atom is -0.494 e. The second kappa shape index (κ2) is 7.85. The zero-order valence-electron chi connectivity index (χ0n) is 15.8. The molecule has 3 rings (SSSR count). The fourth-order valence-corrected chi connectivity index (χ4v) is 4.04. The van der Waals surface area contributed by atoms with E-state index in [1.165, 1.54) is 23.2 Å². The van der Waals surface area contributed by atoms with Crippen molar-refractivity contribution < 1.29 is 4.74 Å². The highest BCUT2D eigenvalue weighted by molar-refractivity contribution is 5.45. The zero-order chi connectivity index (χ0) is 17.1. The number of hydrogen-bond donors (Lipinski definition) is 0. The summed E-state index contributed by atoms with van der Waals surface area (Å²) < 4.78 is 6.03. The summed E-state index contributed by atoms with van der Waals surface area (Å²) in [5.74, 6) is 1.10. The molecule has 0 N–H and O–H groups in total. The Morgan fingerprint density at radius 1 is 1.08 bits per heavy atom. The summed E-state index contributed by atoms with van der Waals surface area (Å²) >= 11 is 0. The highest BCUT2D eigenvalue weighted by Gasteiger charge is 2.25. The molecule has 0 aliphatic carbocycles. The first kappa shape index (κ1) is 17.7. The number of nitrogens with zero attached hydrogens (tertiary/aromatic N) is 3. The first-order valence-electron chi connectivity index (χ1n) is 9.55. The summed E-state index contributed by atoms with van der Waals surface area (Å²) in [5, 5.41) is 0. The Morgan fingerprint density at radius 3 is 2.50 bits per heavy atom. The van der Waals surface area contributed by atoms with Crippen molar-refractivity contribution in [3.05, 3.63) is 28.8 Å². The van der Waals surface area contributed by atoms with E-state index in [9.17, 15) is 0 Å². The molecule has 0 amide bonds. The van der Waals surface area contributed by atoms with Gasteiger partial charge in [-0.15, -0.1) is 0 Å². The second-order valence-corrected chi connectivity index (χ2v) is 7.23. The van der Waals surface area contributed by atoms with Gasteiger partial charge in [0.2, 0.25) is 0 Å². The van der Waals surface area contributed by atoms with Crippen LogP contribution in [0, 0.1) is 0 Å². The molecule has 2 aliphatic rings. The van der Waals surface area contributed by atoms with Gasteiger partial charge in [-0.1, -0.05) is 13.0 Å². The Bertz CT molecular complexity index is 552. The largest absolute Gasteiger partial charge is 0.494 e. The van der Waals surface area contributed by atoms with Crippen LogP contribution in [0.5, 0.6) is 5.75 Å². The van der Waals surface area contributed by atoms with Crippen molar-refractivity contribution >= 4 is 0 Å². The first-order chi connectivity index (χ1) is 11.6. The molecule has 0 bridgehead atoms. The Morgan fingerprint density at radius 2 is 1.83 bits per heavy atom. The van der Waals surface area contributed by atoms with Gasteiger partial charge in [0.05, 0.1) is 6.61 Å². The predicted octanol–water partition coefficient (Wildman–Crippen LogP) is 2.77. The Hall–Kier alpha value is -1.10. The monoisotopic (exact) mass is 331 g/mol. The maximum absolute atomic E-state index is 6.03. The van der Waals surface area contributed by atoms with Crippen LogP contribution in [0.3, 0.4) is 0 Å². The number of ether oxygens (including phenoxy) is 1. The van der Waals surface area contributed by atoms with Gasteiger partial charge in [0.25, 0.3) is 0 Å². The van der Waals surface area contributed by atoms with Crippen LogP contribution >= 0.6 is 0 Å². The third kappa shape index (κ3) is 3.76. The summed E-state index contributed by atoms with van der Waals surface area (Å²) in [6.07, 6.45) is 1.16. The first-order valence-corrected chi connectivity index (χ1v) is 9.55. The molecule has 0 spiro atoms. The molecule has 134 valence electrons. The quantitative estimate of drug-likeness (QED) is 0.826. The molecular formula is C20H33N3O. The van der Waals surface area contributed by atoms with E-state index in [0.717, 1.165) is 58.0 Å². The van der Waals surface area contributed by atoms with Crippen molar-refractivity contribution in [2.75, 3.05) is 52.9 Å². The SMILES string of the molecule is CCOc1cc2c(cc1CN1CCN(C)CC1)CCN(CC)C2C. The van der Waals surface area contributed by atoms with Crippen LogP contribution in [0.2, 0.25) is 0 Å². The second-order valence-electron chi connectivity index (χ2n) is 7.23. The van der Waals surface area contributed by atoms with Crippen LogP contribution in [-0.4, -0.2) is 67.6 Å². The van der Waals surface area contributed by atoms with Crippen molar-refractivity contribution in [2.45, 2.75) is 39.8 Å². The van der Waals surface area contributed by atoms with E-state index >= 15 is 0 Å². The lowest BCUT2D eigenvalue weighted by Gasteiger charge is -2.36. The topological polar surface area (TPSA) is 19.0 Å². The average Bonchev–Trinajstić information content (AvgIpc) is 2.58. The van der Waals surface area contributed by atoms with Gasteiger partial charge >= 0.3 is 0 Å². The van der Waals surface area contributed by atoms with Crippen molar-refractivity contribution in [1.29, 1.82) is 0 Å². The molecule has 1 atom stereocenters. The zero-order valence-corrected chi connectivity index (χ0v) is 15.8. The van der Waals surface area contributed by atoms with E-state index in [0.29, 0.717) is 6.04 Å². The number of likely N-dealkylation sites (N-methyl/N-ethyl adjacent to an activating group) is 2. The minimum absolute atomic E-state index is 0.496. The number of piperazine rings is 1. The Labute approximate surface area is 147 Å². The van der Waals surface area contributed by atoms with Gasteiger partial charge in [-0.3, -0.25) is 9.80 Å². The highest BCUT2D eigenvalue weighted by atomic mass is 16.5. The third-order valence-electron chi connectivity index (χ3n) is 5.68. The van der Waals surface area contributed by atoms with Crippen LogP contribution in [0.25, 0.3) is 0 Å². The fraction of sp³-hybridized carbons (Fsp3) is 0.700.